The van der Waals surface area contributed by atoms with Gasteiger partial charge < -0.3 is 4.90 Å². The second kappa shape index (κ2) is 1.44. The number of allylic oxidation sites excluding steroid dienone is 2. The number of carbonyl (C=O) groups is 1. The number of amidine groups is 1. The van der Waals surface area contributed by atoms with E-state index in [2.05, 4.69) is 11.1 Å². The molecule has 1 amide bonds. The van der Waals surface area contributed by atoms with Gasteiger partial charge in [0.25, 0.3) is 5.91 Å². The van der Waals surface area contributed by atoms with E-state index in [0.717, 1.165) is 18.0 Å². The largest absolute Gasteiger partial charge is 0.318 e. The minimum Gasteiger partial charge on any atom is -0.318 e. The van der Waals surface area contributed by atoms with Crippen LogP contribution in [0.1, 0.15) is 6.42 Å². The van der Waals surface area contributed by atoms with Crippen LogP contribution in [0.5, 0.6) is 0 Å². The molecule has 3 heterocycles. The summed E-state index contributed by atoms with van der Waals surface area (Å²) in [5.41, 5.74) is 0.749. The quantitative estimate of drug-likeness (QED) is 0.497. The van der Waals surface area contributed by atoms with Crippen molar-refractivity contribution in [2.24, 2.45) is 4.99 Å². The zero-order chi connectivity index (χ0) is 7.42. The summed E-state index contributed by atoms with van der Waals surface area (Å²) in [4.78, 5) is 17.0. The molecular formula is C8H6N2O. The molecule has 11 heavy (non-hydrogen) atoms. The van der Waals surface area contributed by atoms with E-state index >= 15 is 0 Å². The van der Waals surface area contributed by atoms with Crippen molar-refractivity contribution < 1.29 is 4.79 Å². The van der Waals surface area contributed by atoms with E-state index in [1.165, 1.54) is 0 Å². The molecular weight excluding hydrogens is 140 g/mol. The highest BCUT2D eigenvalue weighted by Gasteiger charge is 2.43. The van der Waals surface area contributed by atoms with E-state index < -0.39 is 0 Å². The Morgan fingerprint density at radius 3 is 3.36 bits per heavy atom. The molecule has 0 aromatic rings. The molecule has 0 saturated carbocycles. The van der Waals surface area contributed by atoms with Gasteiger partial charge >= 0.3 is 0 Å². The molecule has 3 aliphatic rings. The lowest BCUT2D eigenvalue weighted by atomic mass is 9.98. The molecule has 0 radical (unpaired) electrons. The first kappa shape index (κ1) is 5.29. The summed E-state index contributed by atoms with van der Waals surface area (Å²) in [7, 11) is 0. The average molecular weight is 146 g/mol. The maximum Gasteiger partial charge on any atom is 0.295 e. The highest BCUT2D eigenvalue weighted by Crippen LogP contribution is 2.34. The molecule has 3 rings (SSSR count). The number of rotatable bonds is 0. The van der Waals surface area contributed by atoms with Gasteiger partial charge in [0, 0.05) is 6.42 Å². The van der Waals surface area contributed by atoms with Crippen molar-refractivity contribution in [2.75, 3.05) is 0 Å². The van der Waals surface area contributed by atoms with E-state index in [9.17, 15) is 4.79 Å². The van der Waals surface area contributed by atoms with Gasteiger partial charge in [-0.2, -0.15) is 4.99 Å². The molecule has 0 aromatic carbocycles. The zero-order valence-electron chi connectivity index (χ0n) is 5.82. The Bertz CT molecular complexity index is 338. The SMILES string of the molecule is O=C1N=C2CC3C=CC=C1N23. The van der Waals surface area contributed by atoms with Crippen molar-refractivity contribution in [3.05, 3.63) is 23.9 Å². The first-order valence-corrected chi connectivity index (χ1v) is 3.66. The lowest BCUT2D eigenvalue weighted by molar-refractivity contribution is -0.114. The Morgan fingerprint density at radius 1 is 1.64 bits per heavy atom. The molecule has 0 aliphatic carbocycles. The molecule has 1 fully saturated rings. The first-order valence-electron chi connectivity index (χ1n) is 3.66. The monoisotopic (exact) mass is 146 g/mol. The number of nitrogens with zero attached hydrogens (tertiary/aromatic N) is 2. The Hall–Kier alpha value is -1.38. The fourth-order valence-electron chi connectivity index (χ4n) is 1.73. The standard InChI is InChI=1S/C8H6N2O/c11-8-6-3-1-2-5-4-7(9-8)10(5)6/h1-3,5H,4H2. The van der Waals surface area contributed by atoms with E-state index in [-0.39, 0.29) is 5.91 Å². The molecule has 0 bridgehead atoms. The summed E-state index contributed by atoms with van der Waals surface area (Å²) < 4.78 is 0. The van der Waals surface area contributed by atoms with Crippen molar-refractivity contribution in [3.63, 3.8) is 0 Å². The van der Waals surface area contributed by atoms with Crippen LogP contribution in [0, 0.1) is 0 Å². The van der Waals surface area contributed by atoms with Gasteiger partial charge in [0.15, 0.2) is 0 Å². The Morgan fingerprint density at radius 2 is 2.55 bits per heavy atom. The number of hydrogen-bond acceptors (Lipinski definition) is 2. The Labute approximate surface area is 63.7 Å². The van der Waals surface area contributed by atoms with Crippen LogP contribution in [-0.4, -0.2) is 22.7 Å². The predicted octanol–water partition coefficient (Wildman–Crippen LogP) is 0.453. The first-order chi connectivity index (χ1) is 5.36. The van der Waals surface area contributed by atoms with Crippen LogP contribution in [-0.2, 0) is 4.79 Å². The molecule has 3 nitrogen and oxygen atoms in total. The molecule has 1 unspecified atom stereocenters. The molecule has 3 heteroatoms. The maximum absolute atomic E-state index is 11.1. The smallest absolute Gasteiger partial charge is 0.295 e. The third-order valence-electron chi connectivity index (χ3n) is 2.30. The average Bonchev–Trinajstić information content (AvgIpc) is 2.25. The van der Waals surface area contributed by atoms with Gasteiger partial charge in [-0.25, -0.2) is 0 Å². The fourth-order valence-corrected chi connectivity index (χ4v) is 1.73. The molecule has 1 saturated heterocycles. The third-order valence-corrected chi connectivity index (χ3v) is 2.30. The summed E-state index contributed by atoms with van der Waals surface area (Å²) >= 11 is 0. The molecule has 0 N–H and O–H groups in total. The molecule has 54 valence electrons. The molecule has 0 aromatic heterocycles. The van der Waals surface area contributed by atoms with Crippen LogP contribution in [0.25, 0.3) is 0 Å². The zero-order valence-corrected chi connectivity index (χ0v) is 5.82. The van der Waals surface area contributed by atoms with Gasteiger partial charge in [0.1, 0.15) is 11.5 Å². The summed E-state index contributed by atoms with van der Waals surface area (Å²) in [6, 6.07) is 0.417. The van der Waals surface area contributed by atoms with Gasteiger partial charge in [0.05, 0.1) is 6.04 Å². The summed E-state index contributed by atoms with van der Waals surface area (Å²) in [6.45, 7) is 0. The fraction of sp³-hybridized carbons (Fsp3) is 0.250. The summed E-state index contributed by atoms with van der Waals surface area (Å²) in [5.74, 6) is 0.863. The minimum atomic E-state index is -0.0770. The van der Waals surface area contributed by atoms with Crippen molar-refractivity contribution in [2.45, 2.75) is 12.5 Å². The predicted molar refractivity (Wildman–Crippen MR) is 39.9 cm³/mol. The normalized spacial score (nSPS) is 31.1. The van der Waals surface area contributed by atoms with Gasteiger partial charge in [-0.15, -0.1) is 0 Å². The van der Waals surface area contributed by atoms with Crippen LogP contribution in [0.15, 0.2) is 28.9 Å². The van der Waals surface area contributed by atoms with Gasteiger partial charge in [-0.05, 0) is 6.08 Å². The van der Waals surface area contributed by atoms with Gasteiger partial charge in [-0.1, -0.05) is 12.2 Å². The van der Waals surface area contributed by atoms with Crippen LogP contribution < -0.4 is 0 Å². The topological polar surface area (TPSA) is 32.7 Å². The summed E-state index contributed by atoms with van der Waals surface area (Å²) in [5, 5.41) is 0. The number of aliphatic imine (C=N–C) groups is 1. The maximum atomic E-state index is 11.1. The highest BCUT2D eigenvalue weighted by molar-refractivity contribution is 6.14. The lowest BCUT2D eigenvalue weighted by Crippen LogP contribution is -2.49. The van der Waals surface area contributed by atoms with Crippen LogP contribution in [0.3, 0.4) is 0 Å². The third kappa shape index (κ3) is 0.461. The van der Waals surface area contributed by atoms with Gasteiger partial charge in [0.2, 0.25) is 0 Å². The number of hydrogen-bond donors (Lipinski definition) is 0. The molecule has 1 atom stereocenters. The minimum absolute atomic E-state index is 0.0770. The number of carbonyl (C=O) groups excluding carboxylic acids is 1. The lowest BCUT2D eigenvalue weighted by Gasteiger charge is -2.39. The van der Waals surface area contributed by atoms with Crippen molar-refractivity contribution in [1.29, 1.82) is 0 Å². The Balaban J connectivity index is 2.19. The van der Waals surface area contributed by atoms with Crippen LogP contribution in [0.2, 0.25) is 0 Å². The van der Waals surface area contributed by atoms with E-state index in [1.807, 2.05) is 17.1 Å². The highest BCUT2D eigenvalue weighted by atomic mass is 16.2. The van der Waals surface area contributed by atoms with Crippen molar-refractivity contribution in [1.82, 2.24) is 4.90 Å². The van der Waals surface area contributed by atoms with E-state index in [0.29, 0.717) is 6.04 Å². The summed E-state index contributed by atoms with van der Waals surface area (Å²) in [6.07, 6.45) is 6.79. The van der Waals surface area contributed by atoms with Gasteiger partial charge in [-0.3, -0.25) is 4.79 Å². The van der Waals surface area contributed by atoms with Crippen LogP contribution in [0.4, 0.5) is 0 Å². The second-order valence-electron chi connectivity index (χ2n) is 2.91. The second-order valence-corrected chi connectivity index (χ2v) is 2.91. The van der Waals surface area contributed by atoms with Crippen LogP contribution >= 0.6 is 0 Å². The van der Waals surface area contributed by atoms with E-state index in [1.54, 1.807) is 0 Å². The van der Waals surface area contributed by atoms with E-state index in [4.69, 9.17) is 0 Å². The van der Waals surface area contributed by atoms with Crippen molar-refractivity contribution >= 4 is 11.7 Å². The number of amides is 1. The molecule has 3 aliphatic heterocycles. The Kier molecular flexibility index (Phi) is 0.695. The molecule has 0 spiro atoms. The van der Waals surface area contributed by atoms with Crippen molar-refractivity contribution in [3.8, 4) is 0 Å².